The maximum atomic E-state index is 13.8. The number of phenols is 1. The van der Waals surface area contributed by atoms with Crippen molar-refractivity contribution in [1.29, 1.82) is 0 Å². The number of fused-ring (bicyclic) bond motifs is 1. The number of carbonyl (C=O) groups is 2. The molecule has 1 heterocycles. The van der Waals surface area contributed by atoms with Crippen molar-refractivity contribution in [3.05, 3.63) is 101 Å². The predicted octanol–water partition coefficient (Wildman–Crippen LogP) is 6.59. The van der Waals surface area contributed by atoms with Crippen LogP contribution in [0.3, 0.4) is 0 Å². The van der Waals surface area contributed by atoms with Crippen LogP contribution in [0.15, 0.2) is 95.6 Å². The van der Waals surface area contributed by atoms with E-state index in [0.717, 1.165) is 34.5 Å². The van der Waals surface area contributed by atoms with Crippen molar-refractivity contribution in [2.45, 2.75) is 52.1 Å². The number of hydrogen-bond acceptors (Lipinski definition) is 6. The summed E-state index contributed by atoms with van der Waals surface area (Å²) in [7, 11) is 0. The van der Waals surface area contributed by atoms with Crippen molar-refractivity contribution in [2.75, 3.05) is 16.8 Å². The number of nitrogens with zero attached hydrogens (tertiary/aromatic N) is 1. The molecular weight excluding hydrogens is 540 g/mol. The van der Waals surface area contributed by atoms with Crippen LogP contribution in [0.5, 0.6) is 5.75 Å². The second-order valence-corrected chi connectivity index (χ2v) is 11.4. The van der Waals surface area contributed by atoms with Crippen LogP contribution in [0.25, 0.3) is 6.08 Å². The van der Waals surface area contributed by atoms with E-state index in [1.807, 2.05) is 61.5 Å². The minimum atomic E-state index is -0.840. The lowest BCUT2D eigenvalue weighted by Crippen LogP contribution is -2.39. The molecule has 0 saturated carbocycles. The normalized spacial score (nSPS) is 21.3. The van der Waals surface area contributed by atoms with E-state index >= 15 is 0 Å². The topological polar surface area (TPSA) is 110 Å². The van der Waals surface area contributed by atoms with E-state index in [0.29, 0.717) is 36.9 Å². The van der Waals surface area contributed by atoms with Gasteiger partial charge in [-0.05, 0) is 91.8 Å². The number of aliphatic hydroxyl groups excluding tert-OH is 2. The molecule has 2 aliphatic rings. The van der Waals surface area contributed by atoms with Gasteiger partial charge in [0.2, 0.25) is 11.8 Å². The fraction of sp³-hybridized carbons (Fsp3) is 0.333. The average Bonchev–Trinajstić information content (AvgIpc) is 3.27. The molecule has 224 valence electrons. The SMILES string of the molecule is CCC1=C([C@H](O)CC/C(=C/c2cccc(O)c2)CC)[C@H](CO)[C@@H]2C(=O)N(c3ccc(Nc4ccccc4)cc3)C(=O)[C@@H]2C1. The summed E-state index contributed by atoms with van der Waals surface area (Å²) in [6.07, 6.45) is 4.07. The maximum Gasteiger partial charge on any atom is 0.238 e. The zero-order valence-corrected chi connectivity index (χ0v) is 24.7. The molecule has 5 rings (SSSR count). The molecule has 3 aromatic rings. The number of imide groups is 1. The van der Waals surface area contributed by atoms with Gasteiger partial charge < -0.3 is 20.6 Å². The number of hydrogen-bond donors (Lipinski definition) is 4. The molecule has 2 amide bonds. The molecule has 1 aliphatic heterocycles. The Morgan fingerprint density at radius 3 is 2.35 bits per heavy atom. The molecule has 4 N–H and O–H groups in total. The zero-order chi connectivity index (χ0) is 30.5. The first-order valence-electron chi connectivity index (χ1n) is 15.1. The minimum Gasteiger partial charge on any atom is -0.508 e. The Morgan fingerprint density at radius 2 is 1.70 bits per heavy atom. The number of aliphatic hydroxyl groups is 2. The van der Waals surface area contributed by atoms with Crippen molar-refractivity contribution in [2.24, 2.45) is 17.8 Å². The number of rotatable bonds is 11. The fourth-order valence-corrected chi connectivity index (χ4v) is 6.61. The molecule has 0 bridgehead atoms. The van der Waals surface area contributed by atoms with E-state index < -0.39 is 23.9 Å². The lowest BCUT2D eigenvalue weighted by Gasteiger charge is -2.36. The number of para-hydroxylation sites is 1. The molecule has 1 saturated heterocycles. The summed E-state index contributed by atoms with van der Waals surface area (Å²) < 4.78 is 0. The highest BCUT2D eigenvalue weighted by molar-refractivity contribution is 6.22. The van der Waals surface area contributed by atoms with E-state index in [2.05, 4.69) is 12.2 Å². The molecule has 43 heavy (non-hydrogen) atoms. The van der Waals surface area contributed by atoms with Gasteiger partial charge in [-0.15, -0.1) is 0 Å². The van der Waals surface area contributed by atoms with E-state index in [9.17, 15) is 24.9 Å². The van der Waals surface area contributed by atoms with Gasteiger partial charge >= 0.3 is 0 Å². The van der Waals surface area contributed by atoms with Gasteiger partial charge in [0.15, 0.2) is 0 Å². The monoisotopic (exact) mass is 580 g/mol. The molecule has 4 atom stereocenters. The standard InChI is InChI=1S/C36H40N2O5/c1-3-23(19-24-9-8-12-29(40)20-24)13-18-32(41)33-25(4-2)21-30-34(31(33)22-39)36(43)38(35(30)42)28-16-14-27(15-17-28)37-26-10-6-5-7-11-26/h5-12,14-17,19-20,30-32,34,37,39-41H,3-4,13,18,21-22H2,1-2H3/b23-19+/t30-,31+,32-,34-/m1/s1. The van der Waals surface area contributed by atoms with Crippen molar-refractivity contribution < 1.29 is 24.9 Å². The first-order valence-corrected chi connectivity index (χ1v) is 15.1. The smallest absolute Gasteiger partial charge is 0.238 e. The van der Waals surface area contributed by atoms with Crippen LogP contribution in [0.2, 0.25) is 0 Å². The highest BCUT2D eigenvalue weighted by Gasteiger charge is 2.55. The van der Waals surface area contributed by atoms with E-state index in [1.54, 1.807) is 30.3 Å². The van der Waals surface area contributed by atoms with Crippen molar-refractivity contribution in [3.8, 4) is 5.75 Å². The van der Waals surface area contributed by atoms with Crippen LogP contribution in [0, 0.1) is 17.8 Å². The minimum absolute atomic E-state index is 0.203. The van der Waals surface area contributed by atoms with Crippen LogP contribution in [-0.4, -0.2) is 39.8 Å². The number of benzene rings is 3. The van der Waals surface area contributed by atoms with Crippen LogP contribution in [0.4, 0.5) is 17.1 Å². The van der Waals surface area contributed by atoms with Crippen LogP contribution >= 0.6 is 0 Å². The Hall–Kier alpha value is -4.20. The molecule has 0 aromatic heterocycles. The molecule has 1 aliphatic carbocycles. The Balaban J connectivity index is 1.34. The highest BCUT2D eigenvalue weighted by Crippen LogP contribution is 2.48. The number of allylic oxidation sites excluding steroid dienone is 2. The number of carbonyl (C=O) groups excluding carboxylic acids is 2. The summed E-state index contributed by atoms with van der Waals surface area (Å²) in [5, 5.41) is 35.2. The first-order chi connectivity index (χ1) is 20.8. The number of phenolic OH excluding ortho intramolecular Hbond substituents is 1. The Bertz CT molecular complexity index is 1510. The quantitative estimate of drug-likeness (QED) is 0.150. The van der Waals surface area contributed by atoms with E-state index in [4.69, 9.17) is 0 Å². The number of amides is 2. The molecule has 7 heteroatoms. The Morgan fingerprint density at radius 1 is 0.977 bits per heavy atom. The van der Waals surface area contributed by atoms with Gasteiger partial charge in [0, 0.05) is 17.3 Å². The summed E-state index contributed by atoms with van der Waals surface area (Å²) in [6.45, 7) is 3.73. The highest BCUT2D eigenvalue weighted by atomic mass is 16.3. The van der Waals surface area contributed by atoms with E-state index in [-0.39, 0.29) is 24.2 Å². The summed E-state index contributed by atoms with van der Waals surface area (Å²) >= 11 is 0. The molecular formula is C36H40N2O5. The molecule has 0 unspecified atom stereocenters. The first kappa shape index (κ1) is 30.3. The van der Waals surface area contributed by atoms with Crippen LogP contribution in [0.1, 0.15) is 51.5 Å². The Labute approximate surface area is 253 Å². The van der Waals surface area contributed by atoms with Gasteiger partial charge in [-0.3, -0.25) is 14.5 Å². The lowest BCUT2D eigenvalue weighted by molar-refractivity contribution is -0.123. The third-order valence-corrected chi connectivity index (χ3v) is 8.79. The van der Waals surface area contributed by atoms with E-state index in [1.165, 1.54) is 4.90 Å². The summed E-state index contributed by atoms with van der Waals surface area (Å²) in [5.41, 5.74) is 5.96. The molecule has 0 spiro atoms. The summed E-state index contributed by atoms with van der Waals surface area (Å²) in [5.74, 6) is -2.27. The van der Waals surface area contributed by atoms with Crippen LogP contribution < -0.4 is 10.2 Å². The number of aromatic hydroxyl groups is 1. The van der Waals surface area contributed by atoms with Crippen molar-refractivity contribution >= 4 is 35.0 Å². The summed E-state index contributed by atoms with van der Waals surface area (Å²) in [6, 6.07) is 24.0. The largest absolute Gasteiger partial charge is 0.508 e. The van der Waals surface area contributed by atoms with Gasteiger partial charge in [0.1, 0.15) is 5.75 Å². The predicted molar refractivity (Wildman–Crippen MR) is 170 cm³/mol. The second kappa shape index (κ2) is 13.4. The third kappa shape index (κ3) is 6.43. The van der Waals surface area contributed by atoms with Crippen molar-refractivity contribution in [3.63, 3.8) is 0 Å². The zero-order valence-electron chi connectivity index (χ0n) is 24.7. The third-order valence-electron chi connectivity index (χ3n) is 8.79. The molecule has 0 radical (unpaired) electrons. The van der Waals surface area contributed by atoms with Gasteiger partial charge in [-0.2, -0.15) is 0 Å². The van der Waals surface area contributed by atoms with Gasteiger partial charge in [0.05, 0.1) is 30.2 Å². The fourth-order valence-electron chi connectivity index (χ4n) is 6.61. The van der Waals surface area contributed by atoms with Gasteiger partial charge in [-0.25, -0.2) is 0 Å². The molecule has 7 nitrogen and oxygen atoms in total. The maximum absolute atomic E-state index is 13.8. The summed E-state index contributed by atoms with van der Waals surface area (Å²) in [4.78, 5) is 28.8. The second-order valence-electron chi connectivity index (χ2n) is 11.4. The average molecular weight is 581 g/mol. The lowest BCUT2D eigenvalue weighted by atomic mass is 9.67. The Kier molecular flexibility index (Phi) is 9.43. The number of nitrogens with one attached hydrogen (secondary N) is 1. The molecule has 1 fully saturated rings. The van der Waals surface area contributed by atoms with Crippen molar-refractivity contribution in [1.82, 2.24) is 0 Å². The van der Waals surface area contributed by atoms with Gasteiger partial charge in [-0.1, -0.05) is 61.4 Å². The van der Waals surface area contributed by atoms with Crippen LogP contribution in [-0.2, 0) is 9.59 Å². The number of anilines is 3. The van der Waals surface area contributed by atoms with Gasteiger partial charge in [0.25, 0.3) is 0 Å². The molecule has 3 aromatic carbocycles.